The van der Waals surface area contributed by atoms with Crippen LogP contribution in [0.3, 0.4) is 0 Å². The standard InChI is InChI=1S/C7H10F3O5P/c1-5(7(8,9)10)6(11)15-4-16(12,13-2)14-3/h1,4H2,2-3H3. The van der Waals surface area contributed by atoms with Gasteiger partial charge in [0.05, 0.1) is 0 Å². The summed E-state index contributed by atoms with van der Waals surface area (Å²) in [7, 11) is -1.66. The molecule has 0 bridgehead atoms. The third-order valence-electron chi connectivity index (χ3n) is 1.50. The van der Waals surface area contributed by atoms with Gasteiger partial charge in [0.15, 0.2) is 6.35 Å². The Morgan fingerprint density at radius 3 is 2.06 bits per heavy atom. The van der Waals surface area contributed by atoms with E-state index in [9.17, 15) is 22.5 Å². The summed E-state index contributed by atoms with van der Waals surface area (Å²) in [5, 5.41) is 0. The Balaban J connectivity index is 4.40. The molecule has 0 atom stereocenters. The van der Waals surface area contributed by atoms with Gasteiger partial charge in [-0.3, -0.25) is 4.57 Å². The van der Waals surface area contributed by atoms with Gasteiger partial charge in [0, 0.05) is 14.2 Å². The second kappa shape index (κ2) is 5.47. The van der Waals surface area contributed by atoms with Crippen LogP contribution < -0.4 is 0 Å². The van der Waals surface area contributed by atoms with Gasteiger partial charge in [0.2, 0.25) is 0 Å². The van der Waals surface area contributed by atoms with Gasteiger partial charge >= 0.3 is 19.7 Å². The van der Waals surface area contributed by atoms with Crippen molar-refractivity contribution in [1.29, 1.82) is 0 Å². The molecule has 0 aliphatic heterocycles. The summed E-state index contributed by atoms with van der Waals surface area (Å²) in [5.41, 5.74) is -1.69. The van der Waals surface area contributed by atoms with Crippen molar-refractivity contribution in [2.24, 2.45) is 0 Å². The van der Waals surface area contributed by atoms with Crippen LogP contribution in [0.5, 0.6) is 0 Å². The third-order valence-corrected chi connectivity index (χ3v) is 3.06. The molecule has 16 heavy (non-hydrogen) atoms. The van der Waals surface area contributed by atoms with Crippen LogP contribution in [-0.4, -0.2) is 32.7 Å². The molecule has 0 rings (SSSR count). The minimum atomic E-state index is -4.89. The number of carbonyl (C=O) groups is 1. The number of esters is 1. The Morgan fingerprint density at radius 2 is 1.75 bits per heavy atom. The maximum absolute atomic E-state index is 12.0. The molecule has 94 valence electrons. The summed E-state index contributed by atoms with van der Waals surface area (Å²) in [4.78, 5) is 10.8. The lowest BCUT2D eigenvalue weighted by molar-refractivity contribution is -0.149. The van der Waals surface area contributed by atoms with Crippen molar-refractivity contribution >= 4 is 13.6 Å². The maximum Gasteiger partial charge on any atom is 0.422 e. The van der Waals surface area contributed by atoms with E-state index >= 15 is 0 Å². The average Bonchev–Trinajstić information content (AvgIpc) is 2.23. The summed E-state index contributed by atoms with van der Waals surface area (Å²) in [6.45, 7) is 2.51. The fourth-order valence-electron chi connectivity index (χ4n) is 0.520. The first-order chi connectivity index (χ1) is 7.16. The molecule has 0 spiro atoms. The zero-order chi connectivity index (χ0) is 13.0. The molecule has 0 N–H and O–H groups in total. The molecule has 0 saturated carbocycles. The number of rotatable bonds is 5. The molecule has 5 nitrogen and oxygen atoms in total. The molecule has 0 saturated heterocycles. The maximum atomic E-state index is 12.0. The number of hydrogen-bond acceptors (Lipinski definition) is 5. The van der Waals surface area contributed by atoms with E-state index in [4.69, 9.17) is 0 Å². The predicted octanol–water partition coefficient (Wildman–Crippen LogP) is 2.09. The molecule has 0 amide bonds. The van der Waals surface area contributed by atoms with Gasteiger partial charge in [0.25, 0.3) is 0 Å². The summed E-state index contributed by atoms with van der Waals surface area (Å²) >= 11 is 0. The molecular formula is C7H10F3O5P. The Bertz CT molecular complexity index is 316. The SMILES string of the molecule is C=C(C(=O)OCP(=O)(OC)OC)C(F)(F)F. The number of hydrogen-bond donors (Lipinski definition) is 0. The average molecular weight is 262 g/mol. The summed E-state index contributed by atoms with van der Waals surface area (Å²) < 4.78 is 60.0. The highest BCUT2D eigenvalue weighted by Crippen LogP contribution is 2.46. The molecule has 0 aromatic carbocycles. The van der Waals surface area contributed by atoms with Crippen LogP contribution in [0.15, 0.2) is 12.2 Å². The molecular weight excluding hydrogens is 252 g/mol. The Morgan fingerprint density at radius 1 is 1.31 bits per heavy atom. The number of alkyl halides is 3. The van der Waals surface area contributed by atoms with Gasteiger partial charge in [-0.15, -0.1) is 0 Å². The minimum Gasteiger partial charge on any atom is -0.449 e. The monoisotopic (exact) mass is 262 g/mol. The zero-order valence-electron chi connectivity index (χ0n) is 8.54. The molecule has 0 radical (unpaired) electrons. The first kappa shape index (κ1) is 15.2. The van der Waals surface area contributed by atoms with Gasteiger partial charge < -0.3 is 13.8 Å². The molecule has 0 aliphatic carbocycles. The molecule has 0 aromatic heterocycles. The molecule has 9 heteroatoms. The minimum absolute atomic E-state index is 0.909. The van der Waals surface area contributed by atoms with E-state index < -0.39 is 31.7 Å². The molecule has 0 fully saturated rings. The number of carbonyl (C=O) groups excluding carboxylic acids is 1. The highest BCUT2D eigenvalue weighted by atomic mass is 31.2. The van der Waals surface area contributed by atoms with E-state index in [-0.39, 0.29) is 0 Å². The second-order valence-corrected chi connectivity index (χ2v) is 4.72. The zero-order valence-corrected chi connectivity index (χ0v) is 9.43. The lowest BCUT2D eigenvalue weighted by atomic mass is 10.3. The van der Waals surface area contributed by atoms with E-state index in [0.717, 1.165) is 14.2 Å². The normalized spacial score (nSPS) is 12.3. The number of halogens is 3. The predicted molar refractivity (Wildman–Crippen MR) is 47.8 cm³/mol. The van der Waals surface area contributed by atoms with Crippen molar-refractivity contribution in [3.63, 3.8) is 0 Å². The van der Waals surface area contributed by atoms with Crippen molar-refractivity contribution in [3.05, 3.63) is 12.2 Å². The van der Waals surface area contributed by atoms with Crippen molar-refractivity contribution in [1.82, 2.24) is 0 Å². The first-order valence-corrected chi connectivity index (χ1v) is 5.53. The van der Waals surface area contributed by atoms with Crippen molar-refractivity contribution in [2.45, 2.75) is 6.18 Å². The second-order valence-electron chi connectivity index (χ2n) is 2.51. The summed E-state index contributed by atoms with van der Waals surface area (Å²) in [6, 6.07) is 0. The topological polar surface area (TPSA) is 61.8 Å². The quantitative estimate of drug-likeness (QED) is 0.431. The van der Waals surface area contributed by atoms with E-state index in [1.54, 1.807) is 0 Å². The lowest BCUT2D eigenvalue weighted by Gasteiger charge is -2.14. The van der Waals surface area contributed by atoms with Gasteiger partial charge in [-0.25, -0.2) is 4.79 Å². The summed E-state index contributed by atoms with van der Waals surface area (Å²) in [5.74, 6) is -1.72. The van der Waals surface area contributed by atoms with Crippen molar-refractivity contribution < 1.29 is 36.3 Å². The van der Waals surface area contributed by atoms with Gasteiger partial charge in [-0.05, 0) is 0 Å². The van der Waals surface area contributed by atoms with Crippen molar-refractivity contribution in [3.8, 4) is 0 Å². The van der Waals surface area contributed by atoms with Crippen LogP contribution in [0.1, 0.15) is 0 Å². The summed E-state index contributed by atoms with van der Waals surface area (Å²) in [6.07, 6.45) is -5.80. The lowest BCUT2D eigenvalue weighted by Crippen LogP contribution is -2.21. The Labute approximate surface area is 89.7 Å². The van der Waals surface area contributed by atoms with Crippen molar-refractivity contribution in [2.75, 3.05) is 20.6 Å². The Kier molecular flexibility index (Phi) is 5.18. The molecule has 0 aromatic rings. The largest absolute Gasteiger partial charge is 0.449 e. The molecule has 0 aliphatic rings. The highest BCUT2D eigenvalue weighted by molar-refractivity contribution is 7.53. The van der Waals surface area contributed by atoms with Crippen LogP contribution in [0.2, 0.25) is 0 Å². The van der Waals surface area contributed by atoms with E-state index in [2.05, 4.69) is 20.4 Å². The third kappa shape index (κ3) is 4.34. The Hall–Kier alpha value is -0.850. The van der Waals surface area contributed by atoms with Crippen LogP contribution >= 0.6 is 7.60 Å². The van der Waals surface area contributed by atoms with E-state index in [0.29, 0.717) is 0 Å². The van der Waals surface area contributed by atoms with Crippen LogP contribution in [0, 0.1) is 0 Å². The smallest absolute Gasteiger partial charge is 0.422 e. The fraction of sp³-hybridized carbons (Fsp3) is 0.571. The van der Waals surface area contributed by atoms with Crippen LogP contribution in [-0.2, 0) is 23.1 Å². The van der Waals surface area contributed by atoms with Gasteiger partial charge in [0.1, 0.15) is 5.57 Å². The van der Waals surface area contributed by atoms with Gasteiger partial charge in [-0.2, -0.15) is 13.2 Å². The van der Waals surface area contributed by atoms with E-state index in [1.807, 2.05) is 0 Å². The van der Waals surface area contributed by atoms with Crippen LogP contribution in [0.4, 0.5) is 13.2 Å². The number of ether oxygens (including phenoxy) is 1. The fourth-order valence-corrected chi connectivity index (χ4v) is 1.16. The molecule has 0 unspecified atom stereocenters. The molecule has 0 heterocycles. The van der Waals surface area contributed by atoms with Crippen LogP contribution in [0.25, 0.3) is 0 Å². The highest BCUT2D eigenvalue weighted by Gasteiger charge is 2.38. The van der Waals surface area contributed by atoms with Gasteiger partial charge in [-0.1, -0.05) is 6.58 Å². The van der Waals surface area contributed by atoms with E-state index in [1.165, 1.54) is 0 Å². The first-order valence-electron chi connectivity index (χ1n) is 3.80.